The largest absolute Gasteiger partial charge is 0.457 e. The zero-order valence-electron chi connectivity index (χ0n) is 15.5. The number of nitrogens with one attached hydrogen (secondary N) is 1. The molecule has 6 nitrogen and oxygen atoms in total. The maximum absolute atomic E-state index is 12.7. The normalized spacial score (nSPS) is 13.2. The molecule has 0 radical (unpaired) electrons. The monoisotopic (exact) mass is 428 g/mol. The number of halogens is 1. The van der Waals surface area contributed by atoms with Gasteiger partial charge in [-0.15, -0.1) is 0 Å². The van der Waals surface area contributed by atoms with Crippen LogP contribution in [0, 0.1) is 6.92 Å². The molecule has 148 valence electrons. The van der Waals surface area contributed by atoms with Crippen molar-refractivity contribution in [1.29, 1.82) is 0 Å². The van der Waals surface area contributed by atoms with Crippen LogP contribution in [0.4, 0.5) is 5.69 Å². The Labute approximate surface area is 173 Å². The van der Waals surface area contributed by atoms with Crippen molar-refractivity contribution in [2.75, 3.05) is 4.72 Å². The van der Waals surface area contributed by atoms with Gasteiger partial charge in [-0.1, -0.05) is 17.7 Å². The smallest absolute Gasteiger partial charge is 0.261 e. The van der Waals surface area contributed by atoms with E-state index in [0.717, 1.165) is 11.3 Å². The van der Waals surface area contributed by atoms with E-state index in [1.54, 1.807) is 49.5 Å². The summed E-state index contributed by atoms with van der Waals surface area (Å²) >= 11 is 5.98. The zero-order chi connectivity index (χ0) is 20.6. The summed E-state index contributed by atoms with van der Waals surface area (Å²) in [4.78, 5) is 16.1. The zero-order valence-corrected chi connectivity index (χ0v) is 17.0. The molecule has 8 heteroatoms. The standard InChI is InChI=1S/C21H17ClN2O4S/c1-13-9-17(5-6-19(13)22)29(26,27)24-14-3-2-4-16(10-14)28-21-7-8-23-20-12-15(25)11-18(20)21/h2-10,24H,11-12H2,1H3. The Morgan fingerprint density at radius 1 is 1.10 bits per heavy atom. The van der Waals surface area contributed by atoms with Gasteiger partial charge in [-0.2, -0.15) is 0 Å². The number of aryl methyl sites for hydroxylation is 1. The van der Waals surface area contributed by atoms with Crippen LogP contribution in [-0.2, 0) is 27.7 Å². The van der Waals surface area contributed by atoms with E-state index in [1.807, 2.05) is 0 Å². The number of ketones is 1. The average molecular weight is 429 g/mol. The molecule has 4 rings (SSSR count). The van der Waals surface area contributed by atoms with Crippen LogP contribution in [-0.4, -0.2) is 19.2 Å². The highest BCUT2D eigenvalue weighted by Gasteiger charge is 2.23. The van der Waals surface area contributed by atoms with E-state index in [-0.39, 0.29) is 10.7 Å². The summed E-state index contributed by atoms with van der Waals surface area (Å²) in [6, 6.07) is 12.8. The Morgan fingerprint density at radius 2 is 1.93 bits per heavy atom. The molecule has 0 unspecified atom stereocenters. The molecular formula is C21H17ClN2O4S. The van der Waals surface area contributed by atoms with Crippen LogP contribution in [0.2, 0.25) is 5.02 Å². The molecule has 0 aliphatic heterocycles. The van der Waals surface area contributed by atoms with Gasteiger partial charge in [0, 0.05) is 35.7 Å². The minimum absolute atomic E-state index is 0.100. The van der Waals surface area contributed by atoms with E-state index in [2.05, 4.69) is 9.71 Å². The third-order valence-corrected chi connectivity index (χ3v) is 6.40. The van der Waals surface area contributed by atoms with Gasteiger partial charge in [0.25, 0.3) is 10.0 Å². The van der Waals surface area contributed by atoms with Crippen molar-refractivity contribution in [2.24, 2.45) is 0 Å². The van der Waals surface area contributed by atoms with Gasteiger partial charge in [-0.05, 0) is 48.9 Å². The van der Waals surface area contributed by atoms with E-state index in [0.29, 0.717) is 40.6 Å². The van der Waals surface area contributed by atoms with Gasteiger partial charge in [0.1, 0.15) is 17.3 Å². The first-order valence-electron chi connectivity index (χ1n) is 8.87. The van der Waals surface area contributed by atoms with Gasteiger partial charge < -0.3 is 4.74 Å². The Bertz CT molecular complexity index is 1230. The number of benzene rings is 2. The summed E-state index contributed by atoms with van der Waals surface area (Å²) < 4.78 is 33.8. The molecule has 1 aliphatic rings. The second kappa shape index (κ2) is 7.50. The molecular weight excluding hydrogens is 412 g/mol. The SMILES string of the molecule is Cc1cc(S(=O)(=O)Nc2cccc(Oc3ccnc4c3CC(=O)C4)c2)ccc1Cl. The number of aromatic nitrogens is 1. The first-order valence-corrected chi connectivity index (χ1v) is 10.7. The lowest BCUT2D eigenvalue weighted by atomic mass is 10.2. The molecule has 0 atom stereocenters. The van der Waals surface area contributed by atoms with Gasteiger partial charge in [-0.25, -0.2) is 8.42 Å². The number of ether oxygens (including phenoxy) is 1. The molecule has 0 bridgehead atoms. The minimum atomic E-state index is -3.78. The number of carbonyl (C=O) groups is 1. The van der Waals surface area contributed by atoms with Crippen molar-refractivity contribution >= 4 is 33.1 Å². The number of carbonyl (C=O) groups excluding carboxylic acids is 1. The molecule has 0 fully saturated rings. The maximum atomic E-state index is 12.7. The quantitative estimate of drug-likeness (QED) is 0.654. The number of sulfonamides is 1. The topological polar surface area (TPSA) is 85.4 Å². The summed E-state index contributed by atoms with van der Waals surface area (Å²) in [5.74, 6) is 1.10. The fraction of sp³-hybridized carbons (Fsp3) is 0.143. The van der Waals surface area contributed by atoms with Gasteiger partial charge in [0.15, 0.2) is 0 Å². The number of nitrogens with zero attached hydrogens (tertiary/aromatic N) is 1. The number of rotatable bonds is 5. The fourth-order valence-corrected chi connectivity index (χ4v) is 4.40. The number of fused-ring (bicyclic) bond motifs is 1. The average Bonchev–Trinajstić information content (AvgIpc) is 3.05. The molecule has 1 N–H and O–H groups in total. The van der Waals surface area contributed by atoms with Gasteiger partial charge in [0.05, 0.1) is 16.3 Å². The van der Waals surface area contributed by atoms with Crippen molar-refractivity contribution in [3.05, 3.63) is 76.6 Å². The summed E-state index contributed by atoms with van der Waals surface area (Å²) in [6.45, 7) is 1.74. The molecule has 1 aromatic heterocycles. The second-order valence-electron chi connectivity index (χ2n) is 6.77. The second-order valence-corrected chi connectivity index (χ2v) is 8.86. The first kappa shape index (κ1) is 19.4. The molecule has 0 saturated heterocycles. The molecule has 0 amide bonds. The van der Waals surface area contributed by atoms with Crippen LogP contribution < -0.4 is 9.46 Å². The molecule has 0 saturated carbocycles. The maximum Gasteiger partial charge on any atom is 0.261 e. The van der Waals surface area contributed by atoms with Crippen molar-refractivity contribution < 1.29 is 17.9 Å². The molecule has 3 aromatic rings. The number of hydrogen-bond donors (Lipinski definition) is 1. The van der Waals surface area contributed by atoms with Crippen molar-refractivity contribution in [2.45, 2.75) is 24.7 Å². The lowest BCUT2D eigenvalue weighted by Gasteiger charge is -2.12. The summed E-state index contributed by atoms with van der Waals surface area (Å²) in [5.41, 5.74) is 2.53. The molecule has 1 aliphatic carbocycles. The van der Waals surface area contributed by atoms with Crippen LogP contribution in [0.25, 0.3) is 0 Å². The predicted octanol–water partition coefficient (Wildman–Crippen LogP) is 4.30. The molecule has 2 aromatic carbocycles. The van der Waals surface area contributed by atoms with E-state index in [9.17, 15) is 13.2 Å². The lowest BCUT2D eigenvalue weighted by molar-refractivity contribution is -0.117. The van der Waals surface area contributed by atoms with E-state index in [4.69, 9.17) is 16.3 Å². The van der Waals surface area contributed by atoms with E-state index >= 15 is 0 Å². The number of pyridine rings is 1. The van der Waals surface area contributed by atoms with Crippen molar-refractivity contribution in [3.8, 4) is 11.5 Å². The van der Waals surface area contributed by atoms with Crippen LogP contribution in [0.3, 0.4) is 0 Å². The summed E-state index contributed by atoms with van der Waals surface area (Å²) in [6.07, 6.45) is 2.20. The first-order chi connectivity index (χ1) is 13.8. The van der Waals surface area contributed by atoms with Crippen LogP contribution in [0.5, 0.6) is 11.5 Å². The Morgan fingerprint density at radius 3 is 2.72 bits per heavy atom. The summed E-state index contributed by atoms with van der Waals surface area (Å²) in [7, 11) is -3.78. The lowest BCUT2D eigenvalue weighted by Crippen LogP contribution is -2.13. The number of hydrogen-bond acceptors (Lipinski definition) is 5. The van der Waals surface area contributed by atoms with E-state index in [1.165, 1.54) is 12.1 Å². The van der Waals surface area contributed by atoms with Crippen molar-refractivity contribution in [3.63, 3.8) is 0 Å². The Kier molecular flexibility index (Phi) is 5.02. The van der Waals surface area contributed by atoms with E-state index < -0.39 is 10.0 Å². The van der Waals surface area contributed by atoms with Crippen LogP contribution >= 0.6 is 11.6 Å². The Balaban J connectivity index is 1.58. The third kappa shape index (κ3) is 4.11. The minimum Gasteiger partial charge on any atom is -0.457 e. The highest BCUT2D eigenvalue weighted by atomic mass is 35.5. The third-order valence-electron chi connectivity index (χ3n) is 4.59. The molecule has 1 heterocycles. The highest BCUT2D eigenvalue weighted by Crippen LogP contribution is 2.32. The highest BCUT2D eigenvalue weighted by molar-refractivity contribution is 7.92. The number of anilines is 1. The van der Waals surface area contributed by atoms with Crippen molar-refractivity contribution in [1.82, 2.24) is 4.98 Å². The molecule has 29 heavy (non-hydrogen) atoms. The van der Waals surface area contributed by atoms with Gasteiger partial charge in [-0.3, -0.25) is 14.5 Å². The fourth-order valence-electron chi connectivity index (χ4n) is 3.15. The molecule has 0 spiro atoms. The predicted molar refractivity (Wildman–Crippen MR) is 110 cm³/mol. The number of Topliss-reactive ketones (excluding diaryl/α,β-unsaturated/α-hetero) is 1. The van der Waals surface area contributed by atoms with Crippen LogP contribution in [0.15, 0.2) is 59.6 Å². The van der Waals surface area contributed by atoms with Gasteiger partial charge >= 0.3 is 0 Å². The van der Waals surface area contributed by atoms with Gasteiger partial charge in [0.2, 0.25) is 0 Å². The summed E-state index contributed by atoms with van der Waals surface area (Å²) in [5, 5.41) is 0.503. The van der Waals surface area contributed by atoms with Crippen LogP contribution in [0.1, 0.15) is 16.8 Å². The Hall–Kier alpha value is -2.90.